The number of aromatic nitrogens is 1. The van der Waals surface area contributed by atoms with Gasteiger partial charge in [0.05, 0.1) is 25.8 Å². The van der Waals surface area contributed by atoms with Crippen molar-refractivity contribution in [2.24, 2.45) is 0 Å². The number of fused-ring (bicyclic) bond motifs is 1. The van der Waals surface area contributed by atoms with Crippen molar-refractivity contribution >= 4 is 45.9 Å². The number of likely N-dealkylation sites (N-methyl/N-ethyl adjacent to an activating group) is 1. The minimum Gasteiger partial charge on any atom is -0.481 e. The molecule has 4 rings (SSSR count). The van der Waals surface area contributed by atoms with Crippen LogP contribution >= 0.6 is 0 Å². The number of anilines is 3. The first kappa shape index (κ1) is 30.8. The molecule has 0 bridgehead atoms. The van der Waals surface area contributed by atoms with E-state index in [4.69, 9.17) is 10.5 Å². The zero-order valence-electron chi connectivity index (χ0n) is 24.2. The number of carbonyl (C=O) groups is 3. The molecule has 3 aromatic carbocycles. The van der Waals surface area contributed by atoms with Gasteiger partial charge in [0, 0.05) is 41.7 Å². The third-order valence-corrected chi connectivity index (χ3v) is 7.12. The summed E-state index contributed by atoms with van der Waals surface area (Å²) in [6.07, 6.45) is 0.147. The number of rotatable bonds is 11. The zero-order chi connectivity index (χ0) is 31.1. The van der Waals surface area contributed by atoms with Gasteiger partial charge in [0.15, 0.2) is 0 Å². The van der Waals surface area contributed by atoms with Crippen molar-refractivity contribution in [1.82, 2.24) is 9.88 Å². The molecule has 1 atom stereocenters. The Kier molecular flexibility index (Phi) is 9.76. The quantitative estimate of drug-likeness (QED) is 0.185. The number of ether oxygens (including phenoxy) is 1. The zero-order valence-corrected chi connectivity index (χ0v) is 24.2. The number of carboxylic acid groups (broad SMARTS) is 1. The normalized spacial score (nSPS) is 11.5. The lowest BCUT2D eigenvalue weighted by atomic mass is 9.97. The fourth-order valence-corrected chi connectivity index (χ4v) is 4.77. The molecule has 10 nitrogen and oxygen atoms in total. The van der Waals surface area contributed by atoms with Crippen LogP contribution in [0.25, 0.3) is 10.8 Å². The van der Waals surface area contributed by atoms with Crippen LogP contribution in [-0.2, 0) is 27.3 Å². The van der Waals surface area contributed by atoms with E-state index in [2.05, 4.69) is 15.6 Å². The summed E-state index contributed by atoms with van der Waals surface area (Å²) < 4.78 is 19.7. The van der Waals surface area contributed by atoms with E-state index in [-0.39, 0.29) is 49.1 Å². The van der Waals surface area contributed by atoms with E-state index in [0.29, 0.717) is 27.9 Å². The molecule has 1 aromatic heterocycles. The Bertz CT molecular complexity index is 1660. The van der Waals surface area contributed by atoms with Gasteiger partial charge < -0.3 is 25.8 Å². The predicted molar refractivity (Wildman–Crippen MR) is 163 cm³/mol. The number of amides is 2. The summed E-state index contributed by atoms with van der Waals surface area (Å²) in [5.41, 5.74) is 10.0. The maximum absolute atomic E-state index is 14.2. The van der Waals surface area contributed by atoms with Crippen LogP contribution < -0.4 is 16.4 Å². The second kappa shape index (κ2) is 13.6. The minimum absolute atomic E-state index is 0.00232. The molecule has 11 heteroatoms. The van der Waals surface area contributed by atoms with Crippen molar-refractivity contribution in [1.29, 1.82) is 0 Å². The van der Waals surface area contributed by atoms with Gasteiger partial charge >= 0.3 is 12.1 Å². The smallest absolute Gasteiger partial charge is 0.411 e. The minimum atomic E-state index is -1.03. The lowest BCUT2D eigenvalue weighted by molar-refractivity contribution is -0.136. The third-order valence-electron chi connectivity index (χ3n) is 7.12. The van der Waals surface area contributed by atoms with Crippen LogP contribution in [0.4, 0.5) is 26.4 Å². The Morgan fingerprint density at radius 2 is 1.79 bits per heavy atom. The molecular formula is C32H34FN5O5. The molecule has 43 heavy (non-hydrogen) atoms. The van der Waals surface area contributed by atoms with E-state index >= 15 is 0 Å². The van der Waals surface area contributed by atoms with E-state index < -0.39 is 17.9 Å². The number of hydrogen-bond acceptors (Lipinski definition) is 7. The second-order valence-corrected chi connectivity index (χ2v) is 10.4. The molecule has 0 spiro atoms. The number of pyridine rings is 1. The van der Waals surface area contributed by atoms with E-state index in [1.54, 1.807) is 43.4 Å². The van der Waals surface area contributed by atoms with Gasteiger partial charge in [-0.2, -0.15) is 0 Å². The molecule has 0 saturated heterocycles. The molecule has 0 aliphatic carbocycles. The molecular weight excluding hydrogens is 553 g/mol. The van der Waals surface area contributed by atoms with Crippen LogP contribution in [0.15, 0.2) is 66.9 Å². The number of halogens is 1. The molecule has 4 aromatic rings. The highest BCUT2D eigenvalue weighted by atomic mass is 19.1. The maximum atomic E-state index is 14.2. The van der Waals surface area contributed by atoms with Gasteiger partial charge in [-0.15, -0.1) is 0 Å². The Morgan fingerprint density at radius 1 is 1.05 bits per heavy atom. The van der Waals surface area contributed by atoms with Crippen LogP contribution in [-0.4, -0.2) is 53.2 Å². The van der Waals surface area contributed by atoms with Crippen molar-refractivity contribution in [2.75, 3.05) is 36.6 Å². The standard InChI is InChI=1S/C32H34FN5O5/c1-19-6-4-5-7-25(19)20(2)18-43-32(42)37-24-9-8-21(13-30(40)41)22(12-24)17-38(3)29(39)16-35-23-10-11-26-27(14-23)28(33)15-36-31(26)34/h4-12,14-15,20,35H,13,16-18H2,1-3H3,(H2,34,36)(H,37,42)(H,40,41). The molecule has 0 saturated carbocycles. The topological polar surface area (TPSA) is 147 Å². The maximum Gasteiger partial charge on any atom is 0.411 e. The molecule has 0 aliphatic rings. The highest BCUT2D eigenvalue weighted by Crippen LogP contribution is 2.25. The van der Waals surface area contributed by atoms with E-state index in [1.807, 2.05) is 38.1 Å². The monoisotopic (exact) mass is 587 g/mol. The second-order valence-electron chi connectivity index (χ2n) is 10.4. The lowest BCUT2D eigenvalue weighted by Gasteiger charge is -2.21. The van der Waals surface area contributed by atoms with Gasteiger partial charge in [-0.25, -0.2) is 14.2 Å². The summed E-state index contributed by atoms with van der Waals surface area (Å²) in [5, 5.41) is 15.8. The predicted octanol–water partition coefficient (Wildman–Crippen LogP) is 5.31. The number of aliphatic carboxylic acids is 1. The average Bonchev–Trinajstić information content (AvgIpc) is 2.98. The summed E-state index contributed by atoms with van der Waals surface area (Å²) in [4.78, 5) is 42.2. The SMILES string of the molecule is Cc1ccccc1C(C)COC(=O)Nc1ccc(CC(=O)O)c(CN(C)C(=O)CNc2ccc3c(N)ncc(F)c3c2)c1. The Balaban J connectivity index is 1.39. The number of nitrogens with zero attached hydrogens (tertiary/aromatic N) is 2. The van der Waals surface area contributed by atoms with Crippen molar-refractivity contribution < 1.29 is 28.6 Å². The van der Waals surface area contributed by atoms with Crippen LogP contribution in [0.1, 0.15) is 35.1 Å². The Morgan fingerprint density at radius 3 is 2.53 bits per heavy atom. The van der Waals surface area contributed by atoms with Gasteiger partial charge in [-0.3, -0.25) is 14.9 Å². The molecule has 2 amide bonds. The van der Waals surface area contributed by atoms with Gasteiger partial charge in [0.1, 0.15) is 11.6 Å². The van der Waals surface area contributed by atoms with Gasteiger partial charge in [-0.1, -0.05) is 37.3 Å². The third kappa shape index (κ3) is 7.97. The number of nitrogens with one attached hydrogen (secondary N) is 2. The van der Waals surface area contributed by atoms with Crippen LogP contribution in [0.3, 0.4) is 0 Å². The van der Waals surface area contributed by atoms with Gasteiger partial charge in [0.2, 0.25) is 5.91 Å². The summed E-state index contributed by atoms with van der Waals surface area (Å²) in [7, 11) is 1.59. The van der Waals surface area contributed by atoms with Gasteiger partial charge in [0.25, 0.3) is 0 Å². The van der Waals surface area contributed by atoms with Crippen molar-refractivity contribution in [2.45, 2.75) is 32.7 Å². The van der Waals surface area contributed by atoms with Crippen LogP contribution in [0.5, 0.6) is 0 Å². The molecule has 0 aliphatic heterocycles. The van der Waals surface area contributed by atoms with Crippen LogP contribution in [0, 0.1) is 12.7 Å². The number of hydrogen-bond donors (Lipinski definition) is 4. The Labute approximate surface area is 248 Å². The average molecular weight is 588 g/mol. The van der Waals surface area contributed by atoms with E-state index in [0.717, 1.165) is 17.3 Å². The lowest BCUT2D eigenvalue weighted by Crippen LogP contribution is -2.32. The molecule has 0 fully saturated rings. The number of nitrogen functional groups attached to an aromatic ring is 1. The van der Waals surface area contributed by atoms with E-state index in [9.17, 15) is 23.9 Å². The number of benzene rings is 3. The number of nitrogens with two attached hydrogens (primary N) is 1. The summed E-state index contributed by atoms with van der Waals surface area (Å²) in [6, 6.07) is 17.6. The summed E-state index contributed by atoms with van der Waals surface area (Å²) in [6.45, 7) is 4.15. The number of carbonyl (C=O) groups excluding carboxylic acids is 2. The Hall–Kier alpha value is -5.19. The first-order valence-electron chi connectivity index (χ1n) is 13.7. The molecule has 224 valence electrons. The molecule has 5 N–H and O–H groups in total. The molecule has 0 radical (unpaired) electrons. The highest BCUT2D eigenvalue weighted by molar-refractivity contribution is 5.93. The fourth-order valence-electron chi connectivity index (χ4n) is 4.77. The van der Waals surface area contributed by atoms with Crippen molar-refractivity contribution in [3.05, 3.63) is 94.9 Å². The largest absolute Gasteiger partial charge is 0.481 e. The number of carboxylic acids is 1. The first-order valence-corrected chi connectivity index (χ1v) is 13.7. The number of aryl methyl sites for hydroxylation is 1. The first-order chi connectivity index (χ1) is 20.5. The summed E-state index contributed by atoms with van der Waals surface area (Å²) >= 11 is 0. The van der Waals surface area contributed by atoms with Crippen molar-refractivity contribution in [3.8, 4) is 0 Å². The highest BCUT2D eigenvalue weighted by Gasteiger charge is 2.16. The van der Waals surface area contributed by atoms with Gasteiger partial charge in [-0.05, 0) is 59.5 Å². The fraction of sp³-hybridized carbons (Fsp3) is 0.250. The molecule has 1 unspecified atom stereocenters. The van der Waals surface area contributed by atoms with E-state index in [1.165, 1.54) is 4.90 Å². The molecule has 1 heterocycles. The van der Waals surface area contributed by atoms with Crippen molar-refractivity contribution in [3.63, 3.8) is 0 Å². The summed E-state index contributed by atoms with van der Waals surface area (Å²) in [5.74, 6) is -1.64. The van der Waals surface area contributed by atoms with Crippen LogP contribution in [0.2, 0.25) is 0 Å².